The van der Waals surface area contributed by atoms with Crippen LogP contribution in [0.25, 0.3) is 11.0 Å². The van der Waals surface area contributed by atoms with Crippen molar-refractivity contribution in [1.82, 2.24) is 15.0 Å². The summed E-state index contributed by atoms with van der Waals surface area (Å²) in [5.74, 6) is 1.64. The Bertz CT molecular complexity index is 959. The molecule has 0 amide bonds. The van der Waals surface area contributed by atoms with Crippen LogP contribution in [0, 0.1) is 6.92 Å². The van der Waals surface area contributed by atoms with Crippen LogP contribution >= 0.6 is 23.5 Å². The zero-order valence-electron chi connectivity index (χ0n) is 15.0. The number of thioether (sulfide) groups is 2. The minimum atomic E-state index is -2.85. The first-order valence-electron chi connectivity index (χ1n) is 8.21. The van der Waals surface area contributed by atoms with Gasteiger partial charge in [0.15, 0.2) is 5.16 Å². The number of H-pyrrole nitrogens is 1. The highest BCUT2D eigenvalue weighted by molar-refractivity contribution is 7.99. The van der Waals surface area contributed by atoms with E-state index in [1.54, 1.807) is 17.8 Å². The predicted octanol–water partition coefficient (Wildman–Crippen LogP) is 5.83. The molecule has 4 nitrogen and oxygen atoms in total. The fourth-order valence-corrected chi connectivity index (χ4v) is 4.21. The average Bonchev–Trinajstić information content (AvgIpc) is 3.01. The van der Waals surface area contributed by atoms with Gasteiger partial charge in [0.2, 0.25) is 0 Å². The molecule has 0 fully saturated rings. The molecule has 27 heavy (non-hydrogen) atoms. The van der Waals surface area contributed by atoms with E-state index in [2.05, 4.69) is 33.2 Å². The number of benzene rings is 1. The second-order valence-corrected chi connectivity index (χ2v) is 8.00. The summed E-state index contributed by atoms with van der Waals surface area (Å²) < 4.78 is 29.1. The van der Waals surface area contributed by atoms with Crippen LogP contribution in [0.15, 0.2) is 52.7 Å². The molecule has 0 atom stereocenters. The maximum Gasteiger partial charge on any atom is 0.387 e. The summed E-state index contributed by atoms with van der Waals surface area (Å²) >= 11 is 3.28. The summed E-state index contributed by atoms with van der Waals surface area (Å²) in [6.45, 7) is 5.17. The van der Waals surface area contributed by atoms with Gasteiger partial charge in [-0.3, -0.25) is 4.98 Å². The van der Waals surface area contributed by atoms with Gasteiger partial charge in [0.25, 0.3) is 0 Å². The lowest BCUT2D eigenvalue weighted by Crippen LogP contribution is -2.01. The third-order valence-corrected chi connectivity index (χ3v) is 6.01. The Hall–Kier alpha value is -2.06. The Morgan fingerprint density at radius 1 is 1.30 bits per heavy atom. The minimum absolute atomic E-state index is 0.0975. The number of imidazole rings is 1. The van der Waals surface area contributed by atoms with Crippen molar-refractivity contribution in [2.24, 2.45) is 0 Å². The van der Waals surface area contributed by atoms with Crippen LogP contribution < -0.4 is 4.74 Å². The molecule has 0 saturated heterocycles. The molecule has 0 aliphatic carbocycles. The van der Waals surface area contributed by atoms with Crippen molar-refractivity contribution >= 4 is 34.6 Å². The molecule has 142 valence electrons. The first kappa shape index (κ1) is 19.7. The van der Waals surface area contributed by atoms with E-state index < -0.39 is 6.61 Å². The number of aromatic nitrogens is 3. The fraction of sp³-hybridized carbons (Fsp3) is 0.263. The molecule has 3 rings (SSSR count). The number of nitrogens with one attached hydrogen (secondary N) is 1. The van der Waals surface area contributed by atoms with Gasteiger partial charge < -0.3 is 9.72 Å². The lowest BCUT2D eigenvalue weighted by molar-refractivity contribution is -0.0497. The van der Waals surface area contributed by atoms with E-state index in [-0.39, 0.29) is 5.75 Å². The first-order chi connectivity index (χ1) is 12.9. The quantitative estimate of drug-likeness (QED) is 0.376. The monoisotopic (exact) mass is 407 g/mol. The summed E-state index contributed by atoms with van der Waals surface area (Å²) in [5.41, 5.74) is 4.64. The van der Waals surface area contributed by atoms with E-state index >= 15 is 0 Å². The number of nitrogens with zero attached hydrogens (tertiary/aromatic N) is 2. The SMILES string of the molecule is C=C(C)CSc1ccnc(CSc2nc3cc(OC(F)F)ccc3[nH]2)c1C. The van der Waals surface area contributed by atoms with Gasteiger partial charge in [-0.1, -0.05) is 23.9 Å². The van der Waals surface area contributed by atoms with Crippen molar-refractivity contribution in [2.75, 3.05) is 5.75 Å². The normalized spacial score (nSPS) is 11.3. The van der Waals surface area contributed by atoms with Crippen LogP contribution in [0.2, 0.25) is 0 Å². The number of pyridine rings is 1. The van der Waals surface area contributed by atoms with E-state index in [0.29, 0.717) is 16.4 Å². The third kappa shape index (κ3) is 5.23. The van der Waals surface area contributed by atoms with Gasteiger partial charge in [-0.15, -0.1) is 11.8 Å². The second kappa shape index (κ2) is 8.75. The highest BCUT2D eigenvalue weighted by Crippen LogP contribution is 2.29. The Balaban J connectivity index is 1.71. The van der Waals surface area contributed by atoms with Crippen molar-refractivity contribution in [3.63, 3.8) is 0 Å². The minimum Gasteiger partial charge on any atom is -0.435 e. The molecule has 0 aliphatic rings. The number of rotatable bonds is 8. The highest BCUT2D eigenvalue weighted by Gasteiger charge is 2.11. The first-order valence-corrected chi connectivity index (χ1v) is 10.2. The molecule has 2 aromatic heterocycles. The van der Waals surface area contributed by atoms with E-state index in [0.717, 1.165) is 28.1 Å². The van der Waals surface area contributed by atoms with Gasteiger partial charge >= 0.3 is 6.61 Å². The number of hydrogen-bond acceptors (Lipinski definition) is 5. The summed E-state index contributed by atoms with van der Waals surface area (Å²) in [6.07, 6.45) is 1.82. The van der Waals surface area contributed by atoms with Crippen molar-refractivity contribution < 1.29 is 13.5 Å². The Kier molecular flexibility index (Phi) is 6.38. The van der Waals surface area contributed by atoms with Crippen LogP contribution in [-0.2, 0) is 5.75 Å². The van der Waals surface area contributed by atoms with E-state index in [9.17, 15) is 8.78 Å². The van der Waals surface area contributed by atoms with E-state index in [1.807, 2.05) is 19.2 Å². The fourth-order valence-electron chi connectivity index (χ4n) is 2.41. The van der Waals surface area contributed by atoms with Gasteiger partial charge in [0, 0.05) is 28.7 Å². The van der Waals surface area contributed by atoms with Crippen LogP contribution in [0.4, 0.5) is 8.78 Å². The number of hydrogen-bond donors (Lipinski definition) is 1. The maximum absolute atomic E-state index is 12.3. The number of halogens is 2. The van der Waals surface area contributed by atoms with E-state index in [4.69, 9.17) is 0 Å². The molecule has 0 saturated carbocycles. The molecule has 0 bridgehead atoms. The summed E-state index contributed by atoms with van der Waals surface area (Å²) in [5, 5.41) is 0.709. The highest BCUT2D eigenvalue weighted by atomic mass is 32.2. The smallest absolute Gasteiger partial charge is 0.387 e. The Labute approximate surface area is 164 Å². The van der Waals surface area contributed by atoms with Crippen LogP contribution in [0.5, 0.6) is 5.75 Å². The molecule has 0 spiro atoms. The molecule has 2 heterocycles. The Morgan fingerprint density at radius 3 is 2.85 bits per heavy atom. The summed E-state index contributed by atoms with van der Waals surface area (Å²) in [6, 6.07) is 6.70. The summed E-state index contributed by atoms with van der Waals surface area (Å²) in [4.78, 5) is 13.3. The summed E-state index contributed by atoms with van der Waals surface area (Å²) in [7, 11) is 0. The lowest BCUT2D eigenvalue weighted by Gasteiger charge is -2.09. The topological polar surface area (TPSA) is 50.8 Å². The average molecular weight is 408 g/mol. The number of alkyl halides is 2. The Morgan fingerprint density at radius 2 is 2.11 bits per heavy atom. The molecule has 8 heteroatoms. The lowest BCUT2D eigenvalue weighted by atomic mass is 10.2. The van der Waals surface area contributed by atoms with Crippen molar-refractivity contribution in [1.29, 1.82) is 0 Å². The largest absolute Gasteiger partial charge is 0.435 e. The van der Waals surface area contributed by atoms with Gasteiger partial charge in [0.1, 0.15) is 5.75 Å². The number of ether oxygens (including phenoxy) is 1. The molecule has 1 aromatic carbocycles. The van der Waals surface area contributed by atoms with E-state index in [1.165, 1.54) is 28.8 Å². The van der Waals surface area contributed by atoms with Gasteiger partial charge in [0.05, 0.1) is 16.7 Å². The molecule has 0 unspecified atom stereocenters. The van der Waals surface area contributed by atoms with Crippen molar-refractivity contribution in [2.45, 2.75) is 36.3 Å². The zero-order valence-corrected chi connectivity index (χ0v) is 16.6. The van der Waals surface area contributed by atoms with Crippen LogP contribution in [-0.4, -0.2) is 27.3 Å². The molecule has 0 radical (unpaired) electrons. The zero-order chi connectivity index (χ0) is 19.4. The predicted molar refractivity (Wildman–Crippen MR) is 107 cm³/mol. The third-order valence-electron chi connectivity index (χ3n) is 3.74. The molecule has 1 N–H and O–H groups in total. The molecule has 3 aromatic rings. The number of aromatic amines is 1. The standard InChI is InChI=1S/C19H19F2N3OS2/c1-11(2)9-26-17-6-7-22-16(12(17)3)10-27-19-23-14-5-4-13(25-18(20)21)8-15(14)24-19/h4-8,18H,1,9-10H2,2-3H3,(H,23,24). The molecular weight excluding hydrogens is 388 g/mol. The van der Waals surface area contributed by atoms with Gasteiger partial charge in [-0.05, 0) is 37.6 Å². The molecule has 0 aliphatic heterocycles. The van der Waals surface area contributed by atoms with Crippen molar-refractivity contribution in [3.8, 4) is 5.75 Å². The second-order valence-electron chi connectivity index (χ2n) is 6.01. The van der Waals surface area contributed by atoms with Crippen LogP contribution in [0.3, 0.4) is 0 Å². The molecular formula is C19H19F2N3OS2. The van der Waals surface area contributed by atoms with Gasteiger partial charge in [-0.2, -0.15) is 8.78 Å². The van der Waals surface area contributed by atoms with Crippen LogP contribution in [0.1, 0.15) is 18.2 Å². The van der Waals surface area contributed by atoms with Gasteiger partial charge in [-0.25, -0.2) is 4.98 Å². The number of fused-ring (bicyclic) bond motifs is 1. The maximum atomic E-state index is 12.3. The van der Waals surface area contributed by atoms with Crippen molar-refractivity contribution in [3.05, 3.63) is 53.9 Å².